The van der Waals surface area contributed by atoms with Gasteiger partial charge < -0.3 is 0 Å². The molecule has 0 unspecified atom stereocenters. The first-order valence-corrected chi connectivity index (χ1v) is 11.8. The average molecular weight is 482 g/mol. The fraction of sp³-hybridized carbons (Fsp3) is 0.0833. The molecule has 4 aromatic rings. The monoisotopic (exact) mass is 482 g/mol. The van der Waals surface area contributed by atoms with Crippen LogP contribution in [0.25, 0.3) is 22.6 Å². The van der Waals surface area contributed by atoms with Gasteiger partial charge in [0.2, 0.25) is 0 Å². The predicted octanol–water partition coefficient (Wildman–Crippen LogP) is 5.21. The molecule has 27 heavy (non-hydrogen) atoms. The Bertz CT molecular complexity index is 995. The van der Waals surface area contributed by atoms with Gasteiger partial charge in [-0.25, -0.2) is 0 Å². The normalized spacial score (nSPS) is 10.9. The van der Waals surface area contributed by atoms with Crippen LogP contribution in [0.2, 0.25) is 0 Å². The van der Waals surface area contributed by atoms with Gasteiger partial charge in [-0.2, -0.15) is 0 Å². The average Bonchev–Trinajstić information content (AvgIpc) is 3.08. The van der Waals surface area contributed by atoms with E-state index in [2.05, 4.69) is 94.8 Å². The van der Waals surface area contributed by atoms with Gasteiger partial charge in [0.15, 0.2) is 0 Å². The number of hydrogen-bond donors (Lipinski definition) is 0. The van der Waals surface area contributed by atoms with Gasteiger partial charge >= 0.3 is 175 Å². The number of rotatable bonds is 6. The molecule has 3 aromatic carbocycles. The summed E-state index contributed by atoms with van der Waals surface area (Å²) >= 11 is 3.82. The zero-order chi connectivity index (χ0) is 18.5. The van der Waals surface area contributed by atoms with Crippen molar-refractivity contribution in [2.45, 2.75) is 6.42 Å². The van der Waals surface area contributed by atoms with Crippen molar-refractivity contribution in [3.63, 3.8) is 0 Å². The molecule has 0 aliphatic heterocycles. The third-order valence-corrected chi connectivity index (χ3v) is 7.13. The molecule has 0 bridgehead atoms. The van der Waals surface area contributed by atoms with Crippen molar-refractivity contribution in [2.75, 3.05) is 5.33 Å². The third kappa shape index (κ3) is 4.11. The van der Waals surface area contributed by atoms with Crippen molar-refractivity contribution < 1.29 is 4.42 Å². The first-order valence-electron chi connectivity index (χ1n) is 8.92. The van der Waals surface area contributed by atoms with Crippen molar-refractivity contribution in [1.82, 2.24) is 0 Å². The van der Waals surface area contributed by atoms with Crippen molar-refractivity contribution >= 4 is 39.8 Å². The molecule has 1 nitrogen and oxygen atoms in total. The van der Waals surface area contributed by atoms with Crippen LogP contribution in [0.5, 0.6) is 0 Å². The van der Waals surface area contributed by atoms with Crippen LogP contribution in [0.4, 0.5) is 0 Å². The van der Waals surface area contributed by atoms with E-state index in [4.69, 9.17) is 4.42 Å². The summed E-state index contributed by atoms with van der Waals surface area (Å²) in [4.78, 5) is 0. The Labute approximate surface area is 174 Å². The summed E-state index contributed by atoms with van der Waals surface area (Å²) in [6.45, 7) is 0. The summed E-state index contributed by atoms with van der Waals surface area (Å²) in [6.07, 6.45) is 0.949. The van der Waals surface area contributed by atoms with E-state index in [-0.39, 0.29) is 15.0 Å². The topological polar surface area (TPSA) is 13.1 Å². The van der Waals surface area contributed by atoms with Gasteiger partial charge in [0, 0.05) is 0 Å². The van der Waals surface area contributed by atoms with Crippen LogP contribution in [0.1, 0.15) is 5.56 Å². The Balaban J connectivity index is 1.91. The molecular weight excluding hydrogens is 463 g/mol. The molecule has 3 heteroatoms. The minimum atomic E-state index is 0.181. The van der Waals surface area contributed by atoms with Crippen LogP contribution in [0, 0.1) is 0 Å². The SMILES string of the molecule is BrCCc1c(-c2ccccc2)oc(-c2ccccc2)c1[Se]c1ccccc1. The van der Waals surface area contributed by atoms with Crippen LogP contribution in [-0.2, 0) is 6.42 Å². The molecule has 0 saturated carbocycles. The van der Waals surface area contributed by atoms with E-state index in [1.54, 1.807) is 0 Å². The number of hydrogen-bond acceptors (Lipinski definition) is 1. The summed E-state index contributed by atoms with van der Waals surface area (Å²) in [5.74, 6) is 2.01. The van der Waals surface area contributed by atoms with Crippen LogP contribution in [-0.4, -0.2) is 20.3 Å². The number of benzene rings is 3. The van der Waals surface area contributed by atoms with E-state index in [1.807, 2.05) is 12.1 Å². The molecule has 0 aliphatic carbocycles. The molecule has 0 fully saturated rings. The molecule has 0 radical (unpaired) electrons. The number of alkyl halides is 1. The zero-order valence-electron chi connectivity index (χ0n) is 14.8. The second kappa shape index (κ2) is 8.75. The number of furan rings is 1. The predicted molar refractivity (Wildman–Crippen MR) is 119 cm³/mol. The van der Waals surface area contributed by atoms with Crippen molar-refractivity contribution in [2.24, 2.45) is 0 Å². The van der Waals surface area contributed by atoms with Crippen molar-refractivity contribution in [3.8, 4) is 22.6 Å². The molecule has 1 aromatic heterocycles. The summed E-state index contributed by atoms with van der Waals surface area (Å²) < 4.78 is 9.24. The molecule has 4 rings (SSSR count). The molecule has 0 atom stereocenters. The van der Waals surface area contributed by atoms with Gasteiger partial charge in [0.25, 0.3) is 0 Å². The molecule has 0 spiro atoms. The second-order valence-corrected chi connectivity index (χ2v) is 9.22. The van der Waals surface area contributed by atoms with E-state index in [9.17, 15) is 0 Å². The van der Waals surface area contributed by atoms with Gasteiger partial charge in [-0.05, 0) is 0 Å². The van der Waals surface area contributed by atoms with E-state index in [0.717, 1.165) is 34.4 Å². The maximum absolute atomic E-state index is 6.54. The fourth-order valence-corrected chi connectivity index (χ4v) is 5.79. The van der Waals surface area contributed by atoms with Gasteiger partial charge in [-0.15, -0.1) is 0 Å². The first kappa shape index (κ1) is 18.3. The zero-order valence-corrected chi connectivity index (χ0v) is 18.1. The van der Waals surface area contributed by atoms with Crippen molar-refractivity contribution in [1.29, 1.82) is 0 Å². The Morgan fingerprint density at radius 2 is 1.19 bits per heavy atom. The van der Waals surface area contributed by atoms with E-state index in [0.29, 0.717) is 0 Å². The van der Waals surface area contributed by atoms with Gasteiger partial charge in [0.1, 0.15) is 0 Å². The minimum absolute atomic E-state index is 0.181. The quantitative estimate of drug-likeness (QED) is 0.272. The number of halogens is 1. The van der Waals surface area contributed by atoms with E-state index in [1.165, 1.54) is 14.5 Å². The molecule has 0 saturated heterocycles. The molecule has 134 valence electrons. The molecular formula is C24H19BrOSe. The van der Waals surface area contributed by atoms with E-state index >= 15 is 0 Å². The third-order valence-electron chi connectivity index (χ3n) is 4.34. The Hall–Kier alpha value is -2.06. The fourth-order valence-electron chi connectivity index (χ4n) is 3.09. The maximum atomic E-state index is 6.54. The summed E-state index contributed by atoms with van der Waals surface area (Å²) in [5.41, 5.74) is 3.60. The molecule has 0 amide bonds. The van der Waals surface area contributed by atoms with Crippen LogP contribution in [0.3, 0.4) is 0 Å². The Morgan fingerprint density at radius 1 is 0.667 bits per heavy atom. The van der Waals surface area contributed by atoms with Gasteiger partial charge in [0.05, 0.1) is 0 Å². The van der Waals surface area contributed by atoms with Crippen LogP contribution >= 0.6 is 15.9 Å². The van der Waals surface area contributed by atoms with Gasteiger partial charge in [-0.1, -0.05) is 0 Å². The second-order valence-electron chi connectivity index (χ2n) is 6.15. The Morgan fingerprint density at radius 3 is 1.74 bits per heavy atom. The standard InChI is InChI=1S/C24H19BrOSe/c25-17-16-21-22(18-10-4-1-5-11-18)26-23(19-12-6-2-7-13-19)24(21)27-20-14-8-3-9-15-20/h1-15H,16-17H2. The first-order chi connectivity index (χ1) is 13.4. The van der Waals surface area contributed by atoms with Crippen LogP contribution < -0.4 is 8.92 Å². The molecule has 1 heterocycles. The summed E-state index contributed by atoms with van der Waals surface area (Å²) in [5, 5.41) is 0.915. The van der Waals surface area contributed by atoms with E-state index < -0.39 is 0 Å². The molecule has 0 aliphatic rings. The van der Waals surface area contributed by atoms with Crippen LogP contribution in [0.15, 0.2) is 95.4 Å². The Kier molecular flexibility index (Phi) is 5.93. The van der Waals surface area contributed by atoms with Crippen molar-refractivity contribution in [3.05, 3.63) is 96.6 Å². The van der Waals surface area contributed by atoms with Gasteiger partial charge in [-0.3, -0.25) is 0 Å². The summed E-state index contributed by atoms with van der Waals surface area (Å²) in [7, 11) is 0. The molecule has 0 N–H and O–H groups in total. The summed E-state index contributed by atoms with van der Waals surface area (Å²) in [6, 6.07) is 31.6.